The van der Waals surface area contributed by atoms with Crippen LogP contribution in [-0.4, -0.2) is 20.3 Å². The summed E-state index contributed by atoms with van der Waals surface area (Å²) in [4.78, 5) is 32.3. The molecule has 0 radical (unpaired) electrons. The molecule has 3 aromatic carbocycles. The molecule has 6 rings (SSSR count). The van der Waals surface area contributed by atoms with Crippen molar-refractivity contribution in [3.8, 4) is 5.69 Å². The smallest absolute Gasteiger partial charge is 0.295 e. The number of hydrogen-bond donors (Lipinski definition) is 1. The van der Waals surface area contributed by atoms with Crippen LogP contribution in [0.4, 0.5) is 5.69 Å². The summed E-state index contributed by atoms with van der Waals surface area (Å²) in [6.45, 7) is 1.84. The van der Waals surface area contributed by atoms with Crippen molar-refractivity contribution in [1.82, 2.24) is 14.3 Å². The number of nitrogens with zero attached hydrogens (tertiary/aromatic N) is 3. The van der Waals surface area contributed by atoms with Crippen LogP contribution in [0.15, 0.2) is 89.7 Å². The fourth-order valence-electron chi connectivity index (χ4n) is 5.18. The molecule has 5 aromatic rings. The SMILES string of the molecule is Cc1c(NC(=O)c2c3c(nc4ccccc24)/C(=C/c2ccccc2)CC3)c(=O)n(-c2ccccc2)n1C. The number of carbonyl (C=O) groups is 1. The van der Waals surface area contributed by atoms with Gasteiger partial charge in [-0.25, -0.2) is 9.67 Å². The summed E-state index contributed by atoms with van der Waals surface area (Å²) in [6, 6.07) is 27.3. The van der Waals surface area contributed by atoms with Crippen molar-refractivity contribution in [2.45, 2.75) is 19.8 Å². The molecule has 37 heavy (non-hydrogen) atoms. The van der Waals surface area contributed by atoms with E-state index >= 15 is 0 Å². The van der Waals surface area contributed by atoms with Gasteiger partial charge in [0.2, 0.25) is 0 Å². The molecule has 0 fully saturated rings. The molecule has 6 nitrogen and oxygen atoms in total. The Kier molecular flexibility index (Phi) is 5.57. The zero-order valence-electron chi connectivity index (χ0n) is 20.7. The molecule has 2 aromatic heterocycles. The third-order valence-electron chi connectivity index (χ3n) is 7.10. The Hall–Kier alpha value is -4.71. The van der Waals surface area contributed by atoms with Crippen LogP contribution in [0.5, 0.6) is 0 Å². The highest BCUT2D eigenvalue weighted by Gasteiger charge is 2.28. The summed E-state index contributed by atoms with van der Waals surface area (Å²) in [5.74, 6) is -0.290. The molecular weight excluding hydrogens is 460 g/mol. The van der Waals surface area contributed by atoms with E-state index in [0.717, 1.165) is 51.8 Å². The number of para-hydroxylation sites is 2. The first-order chi connectivity index (χ1) is 18.0. The van der Waals surface area contributed by atoms with Crippen molar-refractivity contribution in [2.75, 3.05) is 5.32 Å². The number of aromatic nitrogens is 3. The van der Waals surface area contributed by atoms with E-state index in [9.17, 15) is 9.59 Å². The molecule has 0 aliphatic heterocycles. The van der Waals surface area contributed by atoms with E-state index < -0.39 is 0 Å². The van der Waals surface area contributed by atoms with Crippen LogP contribution in [0.1, 0.15) is 39.3 Å². The molecule has 0 unspecified atom stereocenters. The summed E-state index contributed by atoms with van der Waals surface area (Å²) >= 11 is 0. The molecule has 1 aliphatic carbocycles. The van der Waals surface area contributed by atoms with E-state index in [4.69, 9.17) is 4.98 Å². The summed E-state index contributed by atoms with van der Waals surface area (Å²) in [5.41, 5.74) is 6.80. The van der Waals surface area contributed by atoms with Crippen LogP contribution in [0, 0.1) is 6.92 Å². The first-order valence-electron chi connectivity index (χ1n) is 12.4. The van der Waals surface area contributed by atoms with Crippen LogP contribution >= 0.6 is 0 Å². The molecule has 0 bridgehead atoms. The monoisotopic (exact) mass is 486 g/mol. The molecule has 182 valence electrons. The van der Waals surface area contributed by atoms with E-state index in [-0.39, 0.29) is 17.2 Å². The minimum absolute atomic E-state index is 0.265. The van der Waals surface area contributed by atoms with Crippen LogP contribution in [-0.2, 0) is 13.5 Å². The van der Waals surface area contributed by atoms with Crippen LogP contribution < -0.4 is 10.9 Å². The maximum absolute atomic E-state index is 13.9. The van der Waals surface area contributed by atoms with Gasteiger partial charge in [0.15, 0.2) is 0 Å². The Morgan fingerprint density at radius 2 is 1.59 bits per heavy atom. The number of fused-ring (bicyclic) bond motifs is 2. The summed E-state index contributed by atoms with van der Waals surface area (Å²) in [5, 5.41) is 3.76. The largest absolute Gasteiger partial charge is 0.316 e. The number of rotatable bonds is 4. The maximum Gasteiger partial charge on any atom is 0.295 e. The third-order valence-corrected chi connectivity index (χ3v) is 7.10. The predicted molar refractivity (Wildman–Crippen MR) is 148 cm³/mol. The first kappa shape index (κ1) is 22.7. The summed E-state index contributed by atoms with van der Waals surface area (Å²) in [6.07, 6.45) is 3.67. The number of nitrogens with one attached hydrogen (secondary N) is 1. The molecule has 1 aliphatic rings. The Morgan fingerprint density at radius 1 is 0.919 bits per heavy atom. The van der Waals surface area contributed by atoms with E-state index in [2.05, 4.69) is 23.5 Å². The molecule has 0 spiro atoms. The van der Waals surface area contributed by atoms with Gasteiger partial charge < -0.3 is 5.32 Å². The Morgan fingerprint density at radius 3 is 2.35 bits per heavy atom. The van der Waals surface area contributed by atoms with Gasteiger partial charge in [0.05, 0.1) is 28.2 Å². The minimum Gasteiger partial charge on any atom is -0.316 e. The lowest BCUT2D eigenvalue weighted by molar-refractivity contribution is 0.102. The van der Waals surface area contributed by atoms with Gasteiger partial charge in [-0.2, -0.15) is 0 Å². The molecule has 0 saturated heterocycles. The average Bonchev–Trinajstić information content (AvgIpc) is 3.41. The van der Waals surface area contributed by atoms with Gasteiger partial charge in [-0.1, -0.05) is 66.7 Å². The number of carbonyl (C=O) groups excluding carboxylic acids is 1. The molecule has 0 atom stereocenters. The van der Waals surface area contributed by atoms with E-state index in [1.165, 1.54) is 0 Å². The number of pyridine rings is 1. The van der Waals surface area contributed by atoms with Crippen LogP contribution in [0.25, 0.3) is 28.2 Å². The quantitative estimate of drug-likeness (QED) is 0.351. The highest BCUT2D eigenvalue weighted by molar-refractivity contribution is 6.15. The number of allylic oxidation sites excluding steroid dienone is 1. The number of benzene rings is 3. The van der Waals surface area contributed by atoms with Gasteiger partial charge in [-0.15, -0.1) is 0 Å². The highest BCUT2D eigenvalue weighted by Crippen LogP contribution is 2.37. The second-order valence-corrected chi connectivity index (χ2v) is 9.30. The topological polar surface area (TPSA) is 68.9 Å². The minimum atomic E-state index is -0.290. The van der Waals surface area contributed by atoms with Crippen LogP contribution in [0.2, 0.25) is 0 Å². The van der Waals surface area contributed by atoms with Gasteiger partial charge in [-0.3, -0.25) is 14.3 Å². The fraction of sp³-hybridized carbons (Fsp3) is 0.129. The molecule has 2 heterocycles. The summed E-state index contributed by atoms with van der Waals surface area (Å²) < 4.78 is 3.34. The lowest BCUT2D eigenvalue weighted by Gasteiger charge is -2.12. The van der Waals surface area contributed by atoms with Gasteiger partial charge in [0.1, 0.15) is 5.69 Å². The predicted octanol–water partition coefficient (Wildman–Crippen LogP) is 5.77. The van der Waals surface area contributed by atoms with E-state index in [1.807, 2.05) is 86.8 Å². The van der Waals surface area contributed by atoms with Crippen molar-refractivity contribution < 1.29 is 4.79 Å². The third kappa shape index (κ3) is 3.87. The lowest BCUT2D eigenvalue weighted by Crippen LogP contribution is -2.23. The van der Waals surface area contributed by atoms with E-state index in [1.54, 1.807) is 9.36 Å². The van der Waals surface area contributed by atoms with Crippen LogP contribution in [0.3, 0.4) is 0 Å². The number of anilines is 1. The zero-order chi connectivity index (χ0) is 25.5. The molecule has 0 saturated carbocycles. The fourth-order valence-corrected chi connectivity index (χ4v) is 5.18. The second-order valence-electron chi connectivity index (χ2n) is 9.30. The Balaban J connectivity index is 1.46. The van der Waals surface area contributed by atoms with Gasteiger partial charge in [0.25, 0.3) is 11.5 Å². The molecule has 1 N–H and O–H groups in total. The lowest BCUT2D eigenvalue weighted by atomic mass is 9.99. The molecule has 6 heteroatoms. The standard InChI is InChI=1S/C31H26N4O2/c1-20-28(31(37)35(34(20)2)23-13-7-4-8-14-23)33-30(36)27-24-15-9-10-16-26(24)32-29-22(17-18-25(27)29)19-21-11-5-3-6-12-21/h3-16,19H,17-18H2,1-2H3,(H,33,36)/b22-19+. The average molecular weight is 487 g/mol. The van der Waals surface area contributed by atoms with Crippen molar-refractivity contribution in [3.63, 3.8) is 0 Å². The van der Waals surface area contributed by atoms with Crippen molar-refractivity contribution in [1.29, 1.82) is 0 Å². The van der Waals surface area contributed by atoms with Gasteiger partial charge in [0, 0.05) is 12.4 Å². The summed E-state index contributed by atoms with van der Waals surface area (Å²) in [7, 11) is 1.82. The first-order valence-corrected chi connectivity index (χ1v) is 12.4. The van der Waals surface area contributed by atoms with Gasteiger partial charge in [-0.05, 0) is 60.7 Å². The molecular formula is C31H26N4O2. The highest BCUT2D eigenvalue weighted by atomic mass is 16.2. The number of amides is 1. The Labute approximate surface area is 214 Å². The van der Waals surface area contributed by atoms with Gasteiger partial charge >= 0.3 is 0 Å². The van der Waals surface area contributed by atoms with Crippen molar-refractivity contribution in [3.05, 3.63) is 123 Å². The Bertz CT molecular complexity index is 1750. The zero-order valence-corrected chi connectivity index (χ0v) is 20.7. The number of hydrogen-bond acceptors (Lipinski definition) is 3. The molecule has 1 amide bonds. The normalized spacial score (nSPS) is 13.7. The van der Waals surface area contributed by atoms with Crippen molar-refractivity contribution >= 4 is 34.1 Å². The maximum atomic E-state index is 13.9. The second kappa shape index (κ2) is 9.06. The van der Waals surface area contributed by atoms with Crippen molar-refractivity contribution in [2.24, 2.45) is 7.05 Å². The van der Waals surface area contributed by atoms with E-state index in [0.29, 0.717) is 11.3 Å².